The van der Waals surface area contributed by atoms with E-state index in [1.54, 1.807) is 54.6 Å². The van der Waals surface area contributed by atoms with Crippen LogP contribution in [0.25, 0.3) is 6.08 Å². The van der Waals surface area contributed by atoms with Gasteiger partial charge in [0.25, 0.3) is 17.7 Å². The summed E-state index contributed by atoms with van der Waals surface area (Å²) in [4.78, 5) is 51.4. The van der Waals surface area contributed by atoms with Crippen molar-refractivity contribution in [1.29, 1.82) is 0 Å². The topological polar surface area (TPSA) is 123 Å². The zero-order chi connectivity index (χ0) is 28.6. The molecule has 11 heteroatoms. The second-order valence-electron chi connectivity index (χ2n) is 8.53. The summed E-state index contributed by atoms with van der Waals surface area (Å²) < 4.78 is 16.5. The van der Waals surface area contributed by atoms with E-state index in [2.05, 4.69) is 10.6 Å². The molecular weight excluding hydrogens is 538 g/mol. The molecule has 3 aromatic rings. The maximum Gasteiger partial charge on any atom is 0.335 e. The smallest absolute Gasteiger partial charge is 0.335 e. The molecule has 0 bridgehead atoms. The van der Waals surface area contributed by atoms with Gasteiger partial charge in [0.15, 0.2) is 18.1 Å². The van der Waals surface area contributed by atoms with Gasteiger partial charge in [-0.1, -0.05) is 42.8 Å². The van der Waals surface area contributed by atoms with Crippen LogP contribution in [0.4, 0.5) is 16.2 Å². The van der Waals surface area contributed by atoms with Crippen LogP contribution < -0.4 is 29.7 Å². The monoisotopic (exact) mass is 563 g/mol. The number of barbiturate groups is 1. The highest BCUT2D eigenvalue weighted by molar-refractivity contribution is 6.39. The summed E-state index contributed by atoms with van der Waals surface area (Å²) >= 11 is 6.05. The number of nitrogens with one attached hydrogen (secondary N) is 2. The van der Waals surface area contributed by atoms with Gasteiger partial charge in [-0.25, -0.2) is 9.69 Å². The predicted molar refractivity (Wildman–Crippen MR) is 150 cm³/mol. The van der Waals surface area contributed by atoms with E-state index in [4.69, 9.17) is 25.8 Å². The zero-order valence-electron chi connectivity index (χ0n) is 21.7. The van der Waals surface area contributed by atoms with E-state index < -0.39 is 23.8 Å². The fraction of sp³-hybridized carbons (Fsp3) is 0.172. The number of carbonyl (C=O) groups excluding carboxylic acids is 4. The van der Waals surface area contributed by atoms with Crippen molar-refractivity contribution in [2.45, 2.75) is 13.3 Å². The lowest BCUT2D eigenvalue weighted by atomic mass is 10.1. The molecule has 5 amide bonds. The summed E-state index contributed by atoms with van der Waals surface area (Å²) in [5, 5.41) is 5.26. The van der Waals surface area contributed by atoms with Crippen LogP contribution in [0, 0.1) is 0 Å². The van der Waals surface area contributed by atoms with Crippen molar-refractivity contribution in [2.24, 2.45) is 0 Å². The van der Waals surface area contributed by atoms with Gasteiger partial charge in [-0.3, -0.25) is 19.7 Å². The molecule has 206 valence electrons. The highest BCUT2D eigenvalue weighted by atomic mass is 35.5. The summed E-state index contributed by atoms with van der Waals surface area (Å²) in [6.45, 7) is 2.18. The molecule has 0 radical (unpaired) electrons. The van der Waals surface area contributed by atoms with E-state index in [9.17, 15) is 19.2 Å². The van der Waals surface area contributed by atoms with Gasteiger partial charge < -0.3 is 19.5 Å². The Balaban J connectivity index is 1.46. The Morgan fingerprint density at radius 1 is 1.00 bits per heavy atom. The number of carbonyl (C=O) groups is 4. The second kappa shape index (κ2) is 12.8. The number of nitrogens with zero attached hydrogens (tertiary/aromatic N) is 1. The summed E-state index contributed by atoms with van der Waals surface area (Å²) in [5.74, 6) is -0.814. The van der Waals surface area contributed by atoms with Gasteiger partial charge in [0, 0.05) is 6.07 Å². The number of benzene rings is 3. The van der Waals surface area contributed by atoms with Crippen molar-refractivity contribution in [1.82, 2.24) is 5.32 Å². The first-order valence-electron chi connectivity index (χ1n) is 12.3. The predicted octanol–water partition coefficient (Wildman–Crippen LogP) is 4.82. The Morgan fingerprint density at radius 2 is 1.75 bits per heavy atom. The van der Waals surface area contributed by atoms with Crippen LogP contribution >= 0.6 is 11.6 Å². The second-order valence-corrected chi connectivity index (χ2v) is 8.93. The summed E-state index contributed by atoms with van der Waals surface area (Å²) in [6.07, 6.45) is 2.15. The maximum absolute atomic E-state index is 13.3. The number of para-hydroxylation sites is 1. The Kier molecular flexibility index (Phi) is 9.03. The van der Waals surface area contributed by atoms with Gasteiger partial charge in [0.1, 0.15) is 11.3 Å². The molecule has 0 saturated carbocycles. The van der Waals surface area contributed by atoms with Crippen LogP contribution in [0.2, 0.25) is 5.02 Å². The number of imide groups is 2. The number of rotatable bonds is 10. The highest BCUT2D eigenvalue weighted by Gasteiger charge is 2.37. The SMILES string of the molecule is CCCOc1ccc(N2C(=O)NC(=O)/C(=C/c3ccc(OCC(=O)Nc4ccccc4Cl)cc3)C2=O)cc1OC. The molecule has 0 atom stereocenters. The third-order valence-electron chi connectivity index (χ3n) is 5.68. The van der Waals surface area contributed by atoms with Crippen LogP contribution in [0.1, 0.15) is 18.9 Å². The molecular formula is C29H26ClN3O7. The normalized spacial score (nSPS) is 14.1. The number of anilines is 2. The molecule has 1 aliphatic rings. The van der Waals surface area contributed by atoms with Gasteiger partial charge in [-0.2, -0.15) is 0 Å². The number of methoxy groups -OCH3 is 1. The number of hydrogen-bond acceptors (Lipinski definition) is 7. The highest BCUT2D eigenvalue weighted by Crippen LogP contribution is 2.33. The van der Waals surface area contributed by atoms with Crippen molar-refractivity contribution in [2.75, 3.05) is 30.5 Å². The molecule has 1 heterocycles. The fourth-order valence-corrected chi connectivity index (χ4v) is 3.93. The number of ether oxygens (including phenoxy) is 3. The standard InChI is InChI=1S/C29H26ClN3O7/c1-3-14-39-24-13-10-19(16-25(24)38-2)33-28(36)21(27(35)32-29(33)37)15-18-8-11-20(12-9-18)40-17-26(34)31-23-7-5-4-6-22(23)30/h4-13,15-16H,3,14,17H2,1-2H3,(H,31,34)(H,32,35,37)/b21-15-. The van der Waals surface area contributed by atoms with Crippen molar-refractivity contribution >= 4 is 52.8 Å². The van der Waals surface area contributed by atoms with Gasteiger partial charge in [0.05, 0.1) is 30.1 Å². The lowest BCUT2D eigenvalue weighted by Crippen LogP contribution is -2.54. The van der Waals surface area contributed by atoms with E-state index in [0.717, 1.165) is 11.3 Å². The molecule has 2 N–H and O–H groups in total. The Hall–Kier alpha value is -4.83. The Morgan fingerprint density at radius 3 is 2.45 bits per heavy atom. The third kappa shape index (κ3) is 6.59. The average molecular weight is 564 g/mol. The van der Waals surface area contributed by atoms with Gasteiger partial charge in [0.2, 0.25) is 0 Å². The molecule has 1 aliphatic heterocycles. The first-order chi connectivity index (χ1) is 19.3. The van der Waals surface area contributed by atoms with E-state index in [1.807, 2.05) is 6.92 Å². The quantitative estimate of drug-likeness (QED) is 0.268. The molecule has 1 fully saturated rings. The first kappa shape index (κ1) is 28.2. The van der Waals surface area contributed by atoms with Crippen molar-refractivity contribution in [3.05, 3.63) is 82.9 Å². The summed E-state index contributed by atoms with van der Waals surface area (Å²) in [7, 11) is 1.45. The first-order valence-corrected chi connectivity index (χ1v) is 12.7. The molecule has 1 saturated heterocycles. The average Bonchev–Trinajstić information content (AvgIpc) is 2.95. The van der Waals surface area contributed by atoms with Gasteiger partial charge in [-0.05, 0) is 54.5 Å². The lowest BCUT2D eigenvalue weighted by molar-refractivity contribution is -0.122. The lowest BCUT2D eigenvalue weighted by Gasteiger charge is -2.27. The molecule has 0 spiro atoms. The van der Waals surface area contributed by atoms with Crippen molar-refractivity contribution in [3.63, 3.8) is 0 Å². The zero-order valence-corrected chi connectivity index (χ0v) is 22.5. The van der Waals surface area contributed by atoms with E-state index in [-0.39, 0.29) is 17.9 Å². The van der Waals surface area contributed by atoms with Crippen LogP contribution in [-0.4, -0.2) is 44.1 Å². The maximum atomic E-state index is 13.3. The fourth-order valence-electron chi connectivity index (χ4n) is 3.74. The number of urea groups is 1. The van der Waals surface area contributed by atoms with Crippen LogP contribution in [0.5, 0.6) is 17.2 Å². The molecule has 10 nitrogen and oxygen atoms in total. The van der Waals surface area contributed by atoms with Crippen LogP contribution in [-0.2, 0) is 14.4 Å². The largest absolute Gasteiger partial charge is 0.493 e. The van der Waals surface area contributed by atoms with Gasteiger partial charge in [-0.15, -0.1) is 0 Å². The summed E-state index contributed by atoms with van der Waals surface area (Å²) in [5.41, 5.74) is 0.946. The van der Waals surface area contributed by atoms with Crippen LogP contribution in [0.15, 0.2) is 72.3 Å². The molecule has 4 rings (SSSR count). The van der Waals surface area contributed by atoms with Crippen molar-refractivity contribution < 1.29 is 33.4 Å². The van der Waals surface area contributed by atoms with E-state index in [1.165, 1.54) is 25.3 Å². The molecule has 40 heavy (non-hydrogen) atoms. The number of hydrogen-bond donors (Lipinski definition) is 2. The van der Waals surface area contributed by atoms with Crippen molar-refractivity contribution in [3.8, 4) is 17.2 Å². The van der Waals surface area contributed by atoms with E-state index in [0.29, 0.717) is 40.1 Å². The minimum Gasteiger partial charge on any atom is -0.493 e. The van der Waals surface area contributed by atoms with Crippen LogP contribution in [0.3, 0.4) is 0 Å². The molecule has 3 aromatic carbocycles. The van der Waals surface area contributed by atoms with E-state index >= 15 is 0 Å². The molecule has 0 unspecified atom stereocenters. The Labute approximate surface area is 235 Å². The number of halogens is 1. The molecule has 0 aromatic heterocycles. The van der Waals surface area contributed by atoms with Gasteiger partial charge >= 0.3 is 6.03 Å². The third-order valence-corrected chi connectivity index (χ3v) is 6.01. The summed E-state index contributed by atoms with van der Waals surface area (Å²) in [6, 6.07) is 17.0. The Bertz CT molecular complexity index is 1470. The number of amides is 5. The minimum absolute atomic E-state index is 0.209. The molecule has 0 aliphatic carbocycles. The minimum atomic E-state index is -0.879.